The number of rotatable bonds is 5. The highest BCUT2D eigenvalue weighted by molar-refractivity contribution is 9.10. The molecule has 1 aromatic heterocycles. The summed E-state index contributed by atoms with van der Waals surface area (Å²) < 4.78 is 8.29. The van der Waals surface area contributed by atoms with Crippen LogP contribution in [0.1, 0.15) is 29.9 Å². The smallest absolute Gasteiger partial charge is 0.148 e. The summed E-state index contributed by atoms with van der Waals surface area (Å²) in [6, 6.07) is 8.10. The number of hydrogen-bond acceptors (Lipinski definition) is 3. The van der Waals surface area contributed by atoms with Crippen LogP contribution in [-0.4, -0.2) is 6.04 Å². The Balaban J connectivity index is 2.30. The second kappa shape index (κ2) is 7.07. The molecule has 0 radical (unpaired) electrons. The molecule has 0 saturated carbocycles. The summed E-state index contributed by atoms with van der Waals surface area (Å²) >= 11 is 8.64. The monoisotopic (exact) mass is 417 g/mol. The van der Waals surface area contributed by atoms with Gasteiger partial charge in [0.15, 0.2) is 0 Å². The molecule has 1 heterocycles. The zero-order chi connectivity index (χ0) is 14.7. The second-order valence-corrected chi connectivity index (χ2v) is 7.46. The zero-order valence-electron chi connectivity index (χ0n) is 11.4. The number of hydrogen-bond donors (Lipinski definition) is 1. The summed E-state index contributed by atoms with van der Waals surface area (Å²) in [6.07, 6.45) is 0.747. The SMILES string of the molecule is CCC(N)C(Oc1cc(Br)ccc1C)c1cc(Br)cs1. The van der Waals surface area contributed by atoms with Gasteiger partial charge >= 0.3 is 0 Å². The molecular formula is C15H17Br2NOS. The van der Waals surface area contributed by atoms with Crippen molar-refractivity contribution < 1.29 is 4.74 Å². The Kier molecular flexibility index (Phi) is 5.66. The van der Waals surface area contributed by atoms with Crippen LogP contribution in [0, 0.1) is 6.92 Å². The number of ether oxygens (including phenoxy) is 1. The van der Waals surface area contributed by atoms with Crippen molar-refractivity contribution in [3.8, 4) is 5.75 Å². The minimum absolute atomic E-state index is 0.0288. The first kappa shape index (κ1) is 16.0. The number of benzene rings is 1. The molecule has 2 rings (SSSR count). The summed E-state index contributed by atoms with van der Waals surface area (Å²) in [6.45, 7) is 4.12. The van der Waals surface area contributed by atoms with Crippen molar-refractivity contribution in [2.75, 3.05) is 0 Å². The van der Waals surface area contributed by atoms with Crippen molar-refractivity contribution in [1.82, 2.24) is 0 Å². The van der Waals surface area contributed by atoms with Crippen LogP contribution in [0.15, 0.2) is 38.6 Å². The number of nitrogens with two attached hydrogens (primary N) is 1. The lowest BCUT2D eigenvalue weighted by Gasteiger charge is -2.24. The average molecular weight is 419 g/mol. The molecule has 2 nitrogen and oxygen atoms in total. The molecule has 20 heavy (non-hydrogen) atoms. The van der Waals surface area contributed by atoms with E-state index in [-0.39, 0.29) is 12.1 Å². The number of aryl methyl sites for hydroxylation is 1. The van der Waals surface area contributed by atoms with Gasteiger partial charge in [-0.1, -0.05) is 28.9 Å². The van der Waals surface area contributed by atoms with E-state index < -0.39 is 0 Å². The van der Waals surface area contributed by atoms with Gasteiger partial charge in [0.1, 0.15) is 11.9 Å². The van der Waals surface area contributed by atoms with Crippen LogP contribution in [0.2, 0.25) is 0 Å². The van der Waals surface area contributed by atoms with Gasteiger partial charge in [0, 0.05) is 25.2 Å². The first-order valence-corrected chi connectivity index (χ1v) is 8.90. The van der Waals surface area contributed by atoms with Crippen molar-refractivity contribution in [3.63, 3.8) is 0 Å². The van der Waals surface area contributed by atoms with Crippen molar-refractivity contribution in [2.24, 2.45) is 5.73 Å². The van der Waals surface area contributed by atoms with Crippen LogP contribution >= 0.6 is 43.2 Å². The standard InChI is InChI=1S/C15H17Br2NOS/c1-3-12(18)15(14-7-11(17)8-20-14)19-13-6-10(16)5-4-9(13)2/h4-8,12,15H,3,18H2,1-2H3. The van der Waals surface area contributed by atoms with E-state index in [0.717, 1.165) is 31.6 Å². The lowest BCUT2D eigenvalue weighted by atomic mass is 10.1. The van der Waals surface area contributed by atoms with Crippen LogP contribution in [0.3, 0.4) is 0 Å². The van der Waals surface area contributed by atoms with E-state index in [4.69, 9.17) is 10.5 Å². The first-order chi connectivity index (χ1) is 9.51. The topological polar surface area (TPSA) is 35.2 Å². The normalized spacial score (nSPS) is 14.1. The third-order valence-electron chi connectivity index (χ3n) is 3.13. The predicted octanol–water partition coefficient (Wildman–Crippen LogP) is 5.44. The van der Waals surface area contributed by atoms with E-state index in [1.54, 1.807) is 11.3 Å². The minimum Gasteiger partial charge on any atom is -0.483 e. The summed E-state index contributed by atoms with van der Waals surface area (Å²) in [4.78, 5) is 1.14. The highest BCUT2D eigenvalue weighted by Gasteiger charge is 2.23. The molecule has 2 atom stereocenters. The van der Waals surface area contributed by atoms with Gasteiger partial charge in [-0.2, -0.15) is 0 Å². The maximum atomic E-state index is 6.25. The average Bonchev–Trinajstić information content (AvgIpc) is 2.85. The Morgan fingerprint density at radius 3 is 2.60 bits per heavy atom. The molecule has 1 aromatic carbocycles. The summed E-state index contributed by atoms with van der Waals surface area (Å²) in [7, 11) is 0. The summed E-state index contributed by atoms with van der Waals surface area (Å²) in [5, 5.41) is 2.06. The fourth-order valence-electron chi connectivity index (χ4n) is 1.89. The predicted molar refractivity (Wildman–Crippen MR) is 92.5 cm³/mol. The number of thiophene rings is 1. The van der Waals surface area contributed by atoms with Gasteiger partial charge in [-0.15, -0.1) is 11.3 Å². The van der Waals surface area contributed by atoms with Gasteiger partial charge in [0.2, 0.25) is 0 Å². The van der Waals surface area contributed by atoms with Gasteiger partial charge in [-0.25, -0.2) is 0 Å². The molecule has 0 saturated heterocycles. The Hall–Kier alpha value is -0.360. The maximum absolute atomic E-state index is 6.25. The second-order valence-electron chi connectivity index (χ2n) is 4.69. The van der Waals surface area contributed by atoms with Crippen LogP contribution in [0.4, 0.5) is 0 Å². The molecule has 0 aliphatic carbocycles. The van der Waals surface area contributed by atoms with Crippen molar-refractivity contribution in [3.05, 3.63) is 49.0 Å². The largest absolute Gasteiger partial charge is 0.483 e. The van der Waals surface area contributed by atoms with Gasteiger partial charge in [0.05, 0.1) is 0 Å². The van der Waals surface area contributed by atoms with E-state index in [2.05, 4.69) is 50.2 Å². The zero-order valence-corrected chi connectivity index (χ0v) is 15.4. The quantitative estimate of drug-likeness (QED) is 0.701. The van der Waals surface area contributed by atoms with E-state index in [0.29, 0.717) is 0 Å². The van der Waals surface area contributed by atoms with E-state index >= 15 is 0 Å². The van der Waals surface area contributed by atoms with Crippen molar-refractivity contribution >= 4 is 43.2 Å². The molecule has 0 aliphatic heterocycles. The van der Waals surface area contributed by atoms with Crippen LogP contribution in [0.5, 0.6) is 5.75 Å². The fraction of sp³-hybridized carbons (Fsp3) is 0.333. The third-order valence-corrected chi connectivity index (χ3v) is 5.38. The first-order valence-electron chi connectivity index (χ1n) is 6.43. The van der Waals surface area contributed by atoms with Gasteiger partial charge in [-0.3, -0.25) is 0 Å². The van der Waals surface area contributed by atoms with Crippen molar-refractivity contribution in [1.29, 1.82) is 0 Å². The molecule has 0 fully saturated rings. The Labute approximate surface area is 140 Å². The number of halogens is 2. The highest BCUT2D eigenvalue weighted by atomic mass is 79.9. The molecule has 0 aliphatic rings. The van der Waals surface area contributed by atoms with E-state index in [1.807, 2.05) is 25.1 Å². The third kappa shape index (κ3) is 3.85. The Morgan fingerprint density at radius 1 is 1.25 bits per heavy atom. The molecule has 2 aromatic rings. The molecular weight excluding hydrogens is 402 g/mol. The lowest BCUT2D eigenvalue weighted by molar-refractivity contribution is 0.173. The molecule has 0 amide bonds. The van der Waals surface area contributed by atoms with Crippen LogP contribution in [-0.2, 0) is 0 Å². The molecule has 2 unspecified atom stereocenters. The molecule has 108 valence electrons. The van der Waals surface area contributed by atoms with Crippen molar-refractivity contribution in [2.45, 2.75) is 32.4 Å². The van der Waals surface area contributed by atoms with E-state index in [1.165, 1.54) is 0 Å². The Bertz CT molecular complexity index is 585. The van der Waals surface area contributed by atoms with E-state index in [9.17, 15) is 0 Å². The maximum Gasteiger partial charge on any atom is 0.148 e. The van der Waals surface area contributed by atoms with Gasteiger partial charge < -0.3 is 10.5 Å². The highest BCUT2D eigenvalue weighted by Crippen LogP contribution is 2.34. The van der Waals surface area contributed by atoms with Gasteiger partial charge in [-0.05, 0) is 53.0 Å². The molecule has 5 heteroatoms. The molecule has 2 N–H and O–H groups in total. The molecule has 0 bridgehead atoms. The summed E-state index contributed by atoms with van der Waals surface area (Å²) in [5.74, 6) is 0.873. The van der Waals surface area contributed by atoms with Crippen LogP contribution in [0.25, 0.3) is 0 Å². The summed E-state index contributed by atoms with van der Waals surface area (Å²) in [5.41, 5.74) is 7.36. The fourth-order valence-corrected chi connectivity index (χ4v) is 3.77. The Morgan fingerprint density at radius 2 is 2.00 bits per heavy atom. The van der Waals surface area contributed by atoms with Crippen LogP contribution < -0.4 is 10.5 Å². The lowest BCUT2D eigenvalue weighted by Crippen LogP contribution is -2.31. The molecule has 0 spiro atoms. The minimum atomic E-state index is -0.121. The van der Waals surface area contributed by atoms with Gasteiger partial charge in [0.25, 0.3) is 0 Å².